The number of nitrogens with one attached hydrogen (secondary N) is 3. The van der Waals surface area contributed by atoms with Crippen LogP contribution in [-0.2, 0) is 19.1 Å². The van der Waals surface area contributed by atoms with Crippen LogP contribution in [0, 0.1) is 0 Å². The minimum Gasteiger partial charge on any atom is -0.493 e. The van der Waals surface area contributed by atoms with Crippen molar-refractivity contribution in [2.75, 3.05) is 33.5 Å². The number of hydrogen-bond donors (Lipinski definition) is 4. The Balaban J connectivity index is 1.65. The predicted octanol–water partition coefficient (Wildman–Crippen LogP) is 2.28. The zero-order valence-electron chi connectivity index (χ0n) is 23.5. The van der Waals surface area contributed by atoms with E-state index in [2.05, 4.69) is 21.2 Å². The number of esters is 1. The Hall–Kier alpha value is -5.27. The molecule has 0 bridgehead atoms. The van der Waals surface area contributed by atoms with E-state index in [1.165, 1.54) is 19.4 Å². The summed E-state index contributed by atoms with van der Waals surface area (Å²) in [5.74, 6) is -1.13. The molecule has 1 atom stereocenters. The van der Waals surface area contributed by atoms with Crippen LogP contribution < -0.4 is 35.0 Å². The van der Waals surface area contributed by atoms with Gasteiger partial charge in [-0.25, -0.2) is 19.8 Å². The molecule has 42 heavy (non-hydrogen) atoms. The fourth-order valence-corrected chi connectivity index (χ4v) is 3.89. The summed E-state index contributed by atoms with van der Waals surface area (Å²) in [6.45, 7) is 4.66. The average molecular weight is 585 g/mol. The number of benzene rings is 2. The van der Waals surface area contributed by atoms with E-state index in [1.54, 1.807) is 51.1 Å². The molecule has 0 radical (unpaired) electrons. The van der Waals surface area contributed by atoms with Crippen molar-refractivity contribution in [3.8, 4) is 23.0 Å². The van der Waals surface area contributed by atoms with Gasteiger partial charge in [-0.2, -0.15) is 5.10 Å². The highest BCUT2D eigenvalue weighted by Gasteiger charge is 2.32. The first-order valence-electron chi connectivity index (χ1n) is 12.9. The van der Waals surface area contributed by atoms with Crippen LogP contribution in [0.5, 0.6) is 23.0 Å². The Bertz CT molecular complexity index is 1390. The van der Waals surface area contributed by atoms with Crippen molar-refractivity contribution in [3.63, 3.8) is 0 Å². The quantitative estimate of drug-likeness (QED) is 0.146. The fourth-order valence-electron chi connectivity index (χ4n) is 3.89. The molecule has 1 aliphatic heterocycles. The van der Waals surface area contributed by atoms with E-state index in [9.17, 15) is 19.2 Å². The highest BCUT2D eigenvalue weighted by Crippen LogP contribution is 2.34. The Morgan fingerprint density at radius 1 is 0.976 bits per heavy atom. The third-order valence-electron chi connectivity index (χ3n) is 5.67. The molecule has 0 unspecified atom stereocenters. The highest BCUT2D eigenvalue weighted by molar-refractivity contribution is 5.95. The predicted molar refractivity (Wildman–Crippen MR) is 149 cm³/mol. The van der Waals surface area contributed by atoms with Gasteiger partial charge in [-0.1, -0.05) is 6.07 Å². The van der Waals surface area contributed by atoms with Crippen molar-refractivity contribution in [1.29, 1.82) is 0 Å². The van der Waals surface area contributed by atoms with Gasteiger partial charge >= 0.3 is 18.0 Å². The van der Waals surface area contributed by atoms with Crippen LogP contribution in [0.25, 0.3) is 0 Å². The lowest BCUT2D eigenvalue weighted by Crippen LogP contribution is -2.45. The van der Waals surface area contributed by atoms with Gasteiger partial charge in [-0.15, -0.1) is 0 Å². The van der Waals surface area contributed by atoms with Crippen LogP contribution in [0.3, 0.4) is 0 Å². The SMILES string of the molecule is CCOC(=O)C1=C(C)NC(=O)N[C@H]1c1ccc(OCC(=O)N/N=C\c2ccc(OCC(=O)O)c(OCC)c2)c(OC)c1. The molecule has 224 valence electrons. The van der Waals surface area contributed by atoms with Crippen LogP contribution in [0.2, 0.25) is 0 Å². The third-order valence-corrected chi connectivity index (χ3v) is 5.67. The van der Waals surface area contributed by atoms with Crippen molar-refractivity contribution < 1.29 is 48.0 Å². The number of carbonyl (C=O) groups is 4. The van der Waals surface area contributed by atoms with E-state index < -0.39 is 43.1 Å². The number of methoxy groups -OCH3 is 1. The van der Waals surface area contributed by atoms with Crippen molar-refractivity contribution in [1.82, 2.24) is 16.1 Å². The summed E-state index contributed by atoms with van der Waals surface area (Å²) < 4.78 is 26.9. The molecule has 0 spiro atoms. The molecule has 2 aromatic carbocycles. The largest absolute Gasteiger partial charge is 0.493 e. The second kappa shape index (κ2) is 14.9. The molecule has 0 aliphatic carbocycles. The second-order valence-electron chi connectivity index (χ2n) is 8.60. The van der Waals surface area contributed by atoms with E-state index in [0.717, 1.165) is 0 Å². The van der Waals surface area contributed by atoms with Gasteiger partial charge in [0, 0.05) is 5.70 Å². The molecule has 14 heteroatoms. The number of allylic oxidation sites excluding steroid dienone is 1. The number of nitrogens with zero attached hydrogens (tertiary/aromatic N) is 1. The van der Waals surface area contributed by atoms with Gasteiger partial charge in [0.05, 0.1) is 38.2 Å². The van der Waals surface area contributed by atoms with Crippen molar-refractivity contribution in [2.24, 2.45) is 5.10 Å². The van der Waals surface area contributed by atoms with Crippen LogP contribution in [0.15, 0.2) is 52.8 Å². The molecular formula is C28H32N4O10. The first-order valence-corrected chi connectivity index (χ1v) is 12.9. The number of carboxylic acids is 1. The van der Waals surface area contributed by atoms with E-state index in [1.807, 2.05) is 0 Å². The van der Waals surface area contributed by atoms with E-state index in [4.69, 9.17) is 28.8 Å². The molecular weight excluding hydrogens is 552 g/mol. The smallest absolute Gasteiger partial charge is 0.341 e. The van der Waals surface area contributed by atoms with Crippen molar-refractivity contribution in [2.45, 2.75) is 26.8 Å². The Morgan fingerprint density at radius 3 is 2.38 bits per heavy atom. The first-order chi connectivity index (χ1) is 20.2. The number of carbonyl (C=O) groups excluding carboxylic acids is 3. The summed E-state index contributed by atoms with van der Waals surface area (Å²) in [4.78, 5) is 47.8. The lowest BCUT2D eigenvalue weighted by atomic mass is 9.95. The Labute approximate surface area is 241 Å². The Morgan fingerprint density at radius 2 is 1.69 bits per heavy atom. The molecule has 3 rings (SSSR count). The number of amides is 3. The molecule has 1 heterocycles. The number of aliphatic carboxylic acids is 1. The Kier molecular flexibility index (Phi) is 11.1. The fraction of sp³-hybridized carbons (Fsp3) is 0.321. The van der Waals surface area contributed by atoms with Gasteiger partial charge < -0.3 is 39.4 Å². The number of hydrazone groups is 1. The van der Waals surface area contributed by atoms with Gasteiger partial charge in [0.2, 0.25) is 0 Å². The van der Waals surface area contributed by atoms with Crippen LogP contribution in [0.4, 0.5) is 4.79 Å². The summed E-state index contributed by atoms with van der Waals surface area (Å²) in [5.41, 5.74) is 4.08. The number of hydrogen-bond acceptors (Lipinski definition) is 10. The first kappa shape index (κ1) is 31.3. The molecule has 2 aromatic rings. The van der Waals surface area contributed by atoms with Crippen LogP contribution >= 0.6 is 0 Å². The summed E-state index contributed by atoms with van der Waals surface area (Å²) >= 11 is 0. The lowest BCUT2D eigenvalue weighted by molar-refractivity contribution is -0.140. The van der Waals surface area contributed by atoms with Crippen LogP contribution in [0.1, 0.15) is 37.9 Å². The standard InChI is InChI=1S/C28H32N4O10/c1-5-39-22-11-17(7-9-20(22)42-15-24(34)35)13-29-32-23(33)14-41-19-10-8-18(12-21(19)38-4)26-25(27(36)40-6-2)16(3)30-28(37)31-26/h7-13,26H,5-6,14-15H2,1-4H3,(H,32,33)(H,34,35)(H2,30,31,37)/b29-13-/t26-/m0/s1. The topological polar surface area (TPSA) is 183 Å². The summed E-state index contributed by atoms with van der Waals surface area (Å²) in [7, 11) is 1.42. The van der Waals surface area contributed by atoms with Gasteiger partial charge in [-0.3, -0.25) is 4.79 Å². The van der Waals surface area contributed by atoms with E-state index >= 15 is 0 Å². The van der Waals surface area contributed by atoms with Gasteiger partial charge in [0.15, 0.2) is 36.2 Å². The average Bonchev–Trinajstić information content (AvgIpc) is 2.95. The zero-order chi connectivity index (χ0) is 30.6. The van der Waals surface area contributed by atoms with Gasteiger partial charge in [0.25, 0.3) is 5.91 Å². The molecule has 1 aliphatic rings. The number of ether oxygens (including phenoxy) is 5. The van der Waals surface area contributed by atoms with Crippen LogP contribution in [-0.4, -0.2) is 68.7 Å². The van der Waals surface area contributed by atoms with Gasteiger partial charge in [-0.05, 0) is 62.2 Å². The number of carboxylic acid groups (broad SMARTS) is 1. The maximum Gasteiger partial charge on any atom is 0.341 e. The highest BCUT2D eigenvalue weighted by atomic mass is 16.5. The maximum atomic E-state index is 12.6. The lowest BCUT2D eigenvalue weighted by Gasteiger charge is -2.28. The number of urea groups is 1. The summed E-state index contributed by atoms with van der Waals surface area (Å²) in [5, 5.41) is 18.0. The number of rotatable bonds is 14. The molecule has 0 saturated heterocycles. The molecule has 4 N–H and O–H groups in total. The van der Waals surface area contributed by atoms with Crippen molar-refractivity contribution >= 4 is 30.1 Å². The minimum absolute atomic E-state index is 0.169. The van der Waals surface area contributed by atoms with E-state index in [-0.39, 0.29) is 29.4 Å². The third kappa shape index (κ3) is 8.36. The minimum atomic E-state index is -1.12. The molecule has 3 amide bonds. The second-order valence-corrected chi connectivity index (χ2v) is 8.60. The van der Waals surface area contributed by atoms with Gasteiger partial charge in [0.1, 0.15) is 0 Å². The molecule has 14 nitrogen and oxygen atoms in total. The zero-order valence-corrected chi connectivity index (χ0v) is 23.5. The van der Waals surface area contributed by atoms with E-state index in [0.29, 0.717) is 29.2 Å². The molecule has 0 saturated carbocycles. The molecule has 0 fully saturated rings. The monoisotopic (exact) mass is 584 g/mol. The molecule has 0 aromatic heterocycles. The normalized spacial score (nSPS) is 14.5. The maximum absolute atomic E-state index is 12.6. The summed E-state index contributed by atoms with van der Waals surface area (Å²) in [6, 6.07) is 8.27. The van der Waals surface area contributed by atoms with Crippen molar-refractivity contribution in [3.05, 3.63) is 58.8 Å². The summed E-state index contributed by atoms with van der Waals surface area (Å²) in [6.07, 6.45) is 1.38.